The van der Waals surface area contributed by atoms with E-state index in [1.165, 1.54) is 16.7 Å². The first-order valence-corrected chi connectivity index (χ1v) is 10.5. The minimum atomic E-state index is -0.711. The molecule has 1 atom stereocenters. The molecule has 1 N–H and O–H groups in total. The van der Waals surface area contributed by atoms with Gasteiger partial charge in [-0.2, -0.15) is 0 Å². The van der Waals surface area contributed by atoms with Crippen molar-refractivity contribution in [2.45, 2.75) is 19.5 Å². The van der Waals surface area contributed by atoms with Crippen LogP contribution in [0.15, 0.2) is 53.4 Å². The Labute approximate surface area is 185 Å². The highest BCUT2D eigenvalue weighted by Crippen LogP contribution is 2.35. The summed E-state index contributed by atoms with van der Waals surface area (Å²) in [4.78, 5) is 27.3. The Morgan fingerprint density at radius 3 is 2.53 bits per heavy atom. The number of carbonyl (C=O) groups excluding carboxylic acids is 2. The van der Waals surface area contributed by atoms with E-state index in [4.69, 9.17) is 21.7 Å². The molecule has 2 aromatic carbocycles. The number of hydrogen-bond acceptors (Lipinski definition) is 6. The van der Waals surface area contributed by atoms with Crippen molar-refractivity contribution in [2.24, 2.45) is 0 Å². The molecular weight excluding hydrogens is 420 g/mol. The summed E-state index contributed by atoms with van der Waals surface area (Å²) in [5.41, 5.74) is 1.76. The molecule has 1 aliphatic heterocycles. The van der Waals surface area contributed by atoms with Gasteiger partial charge in [-0.3, -0.25) is 14.5 Å². The van der Waals surface area contributed by atoms with Crippen LogP contribution in [0.1, 0.15) is 18.1 Å². The molecular formula is C22H22N2O4S2. The van der Waals surface area contributed by atoms with E-state index in [1.807, 2.05) is 36.4 Å². The zero-order chi connectivity index (χ0) is 21.7. The lowest BCUT2D eigenvalue weighted by molar-refractivity contribution is -0.132. The number of amides is 2. The minimum absolute atomic E-state index is 0.262. The highest BCUT2D eigenvalue weighted by molar-refractivity contribution is 8.26. The molecule has 0 saturated carbocycles. The van der Waals surface area contributed by atoms with Gasteiger partial charge < -0.3 is 14.8 Å². The number of thiocarbonyl (C=S) groups is 1. The smallest absolute Gasteiger partial charge is 0.266 e. The average molecular weight is 443 g/mol. The SMILES string of the molecule is COc1ccc(/C=C2\SC(=S)N(C(C)C(=O)NCc3ccccc3)C2=O)cc1OC. The van der Waals surface area contributed by atoms with Gasteiger partial charge in [-0.1, -0.05) is 60.4 Å². The van der Waals surface area contributed by atoms with Crippen LogP contribution in [0, 0.1) is 0 Å². The minimum Gasteiger partial charge on any atom is -0.493 e. The third-order valence-corrected chi connectivity index (χ3v) is 5.94. The Balaban J connectivity index is 1.72. The topological polar surface area (TPSA) is 67.9 Å². The van der Waals surface area contributed by atoms with Crippen LogP contribution >= 0.6 is 24.0 Å². The molecule has 3 rings (SSSR count). The average Bonchev–Trinajstić information content (AvgIpc) is 3.04. The van der Waals surface area contributed by atoms with Crippen molar-refractivity contribution in [3.8, 4) is 11.5 Å². The summed E-state index contributed by atoms with van der Waals surface area (Å²) in [6, 6.07) is 14.2. The predicted molar refractivity (Wildman–Crippen MR) is 122 cm³/mol. The Bertz CT molecular complexity index is 992. The Morgan fingerprint density at radius 1 is 1.17 bits per heavy atom. The van der Waals surface area contributed by atoms with E-state index in [1.54, 1.807) is 39.4 Å². The number of nitrogens with zero attached hydrogens (tertiary/aromatic N) is 1. The molecule has 2 aromatic rings. The van der Waals surface area contributed by atoms with Crippen LogP contribution in [0.4, 0.5) is 0 Å². The van der Waals surface area contributed by atoms with Gasteiger partial charge in [0.25, 0.3) is 5.91 Å². The summed E-state index contributed by atoms with van der Waals surface area (Å²) in [5.74, 6) is 0.617. The van der Waals surface area contributed by atoms with Gasteiger partial charge in [0, 0.05) is 6.54 Å². The van der Waals surface area contributed by atoms with E-state index in [-0.39, 0.29) is 11.8 Å². The Hall–Kier alpha value is -2.84. The summed E-state index contributed by atoms with van der Waals surface area (Å²) in [6.45, 7) is 2.06. The number of ether oxygens (including phenoxy) is 2. The molecule has 1 unspecified atom stereocenters. The maximum atomic E-state index is 12.9. The molecule has 0 spiro atoms. The number of benzene rings is 2. The van der Waals surface area contributed by atoms with Gasteiger partial charge in [-0.15, -0.1) is 0 Å². The van der Waals surface area contributed by atoms with Crippen molar-refractivity contribution in [2.75, 3.05) is 14.2 Å². The maximum Gasteiger partial charge on any atom is 0.266 e. The zero-order valence-corrected chi connectivity index (χ0v) is 18.5. The molecule has 156 valence electrons. The van der Waals surface area contributed by atoms with Gasteiger partial charge in [-0.05, 0) is 36.3 Å². The Morgan fingerprint density at radius 2 is 1.87 bits per heavy atom. The third-order valence-electron chi connectivity index (χ3n) is 4.61. The predicted octanol–water partition coefficient (Wildman–Crippen LogP) is 3.61. The Kier molecular flexibility index (Phi) is 7.12. The molecule has 1 saturated heterocycles. The van der Waals surface area contributed by atoms with Gasteiger partial charge in [0.05, 0.1) is 19.1 Å². The van der Waals surface area contributed by atoms with E-state index in [0.717, 1.165) is 11.1 Å². The molecule has 0 bridgehead atoms. The number of carbonyl (C=O) groups is 2. The van der Waals surface area contributed by atoms with Crippen molar-refractivity contribution in [1.82, 2.24) is 10.2 Å². The standard InChI is InChI=1S/C22H22N2O4S2/c1-14(20(25)23-13-15-7-5-4-6-8-15)24-21(26)19(30-22(24)29)12-16-9-10-17(27-2)18(11-16)28-3/h4-12,14H,13H2,1-3H3,(H,23,25)/b19-12-. The molecule has 0 aromatic heterocycles. The summed E-state index contributed by atoms with van der Waals surface area (Å²) in [7, 11) is 3.11. The molecule has 0 aliphatic carbocycles. The van der Waals surface area contributed by atoms with Crippen molar-refractivity contribution >= 4 is 46.2 Å². The van der Waals surface area contributed by atoms with E-state index < -0.39 is 6.04 Å². The quantitative estimate of drug-likeness (QED) is 0.522. The lowest BCUT2D eigenvalue weighted by atomic mass is 10.1. The van der Waals surface area contributed by atoms with Gasteiger partial charge in [0.15, 0.2) is 11.5 Å². The van der Waals surface area contributed by atoms with Gasteiger partial charge >= 0.3 is 0 Å². The molecule has 1 heterocycles. The second-order valence-corrected chi connectivity index (χ2v) is 8.22. The number of methoxy groups -OCH3 is 2. The van der Waals surface area contributed by atoms with Crippen LogP contribution < -0.4 is 14.8 Å². The number of thioether (sulfide) groups is 1. The summed E-state index contributed by atoms with van der Waals surface area (Å²) in [6.07, 6.45) is 1.73. The van der Waals surface area contributed by atoms with Crippen molar-refractivity contribution in [3.63, 3.8) is 0 Å². The van der Waals surface area contributed by atoms with Crippen LogP contribution in [0.5, 0.6) is 11.5 Å². The largest absolute Gasteiger partial charge is 0.493 e. The molecule has 1 aliphatic rings. The van der Waals surface area contributed by atoms with Crippen molar-refractivity contribution < 1.29 is 19.1 Å². The fraction of sp³-hybridized carbons (Fsp3) is 0.227. The summed E-state index contributed by atoms with van der Waals surface area (Å²) < 4.78 is 10.9. The third kappa shape index (κ3) is 4.83. The normalized spacial score (nSPS) is 16.0. The van der Waals surface area contributed by atoms with Gasteiger partial charge in [0.2, 0.25) is 5.91 Å². The van der Waals surface area contributed by atoms with Crippen LogP contribution in [-0.2, 0) is 16.1 Å². The number of nitrogens with one attached hydrogen (secondary N) is 1. The highest BCUT2D eigenvalue weighted by Gasteiger charge is 2.38. The highest BCUT2D eigenvalue weighted by atomic mass is 32.2. The van der Waals surface area contributed by atoms with Crippen molar-refractivity contribution in [1.29, 1.82) is 0 Å². The summed E-state index contributed by atoms with van der Waals surface area (Å²) in [5, 5.41) is 2.86. The monoisotopic (exact) mass is 442 g/mol. The second-order valence-electron chi connectivity index (χ2n) is 6.55. The van der Waals surface area contributed by atoms with Crippen LogP contribution in [0.2, 0.25) is 0 Å². The summed E-state index contributed by atoms with van der Waals surface area (Å²) >= 11 is 6.55. The molecule has 0 radical (unpaired) electrons. The van der Waals surface area contributed by atoms with Gasteiger partial charge in [-0.25, -0.2) is 0 Å². The van der Waals surface area contributed by atoms with Gasteiger partial charge in [0.1, 0.15) is 10.4 Å². The number of hydrogen-bond donors (Lipinski definition) is 1. The molecule has 2 amide bonds. The molecule has 1 fully saturated rings. The van der Waals surface area contributed by atoms with E-state index in [2.05, 4.69) is 5.32 Å². The van der Waals surface area contributed by atoms with Crippen LogP contribution in [0.3, 0.4) is 0 Å². The van der Waals surface area contributed by atoms with E-state index >= 15 is 0 Å². The molecule has 30 heavy (non-hydrogen) atoms. The maximum absolute atomic E-state index is 12.9. The lowest BCUT2D eigenvalue weighted by Gasteiger charge is -2.22. The van der Waals surface area contributed by atoms with E-state index in [9.17, 15) is 9.59 Å². The van der Waals surface area contributed by atoms with E-state index in [0.29, 0.717) is 27.3 Å². The zero-order valence-electron chi connectivity index (χ0n) is 16.9. The fourth-order valence-electron chi connectivity index (χ4n) is 2.96. The first kappa shape index (κ1) is 21.9. The number of rotatable bonds is 7. The molecule has 6 nitrogen and oxygen atoms in total. The van der Waals surface area contributed by atoms with Crippen molar-refractivity contribution in [3.05, 3.63) is 64.6 Å². The van der Waals surface area contributed by atoms with Crippen LogP contribution in [-0.4, -0.2) is 41.3 Å². The lowest BCUT2D eigenvalue weighted by Crippen LogP contribution is -2.46. The first-order valence-electron chi connectivity index (χ1n) is 9.25. The fourth-order valence-corrected chi connectivity index (χ4v) is 4.38. The second kappa shape index (κ2) is 9.77. The van der Waals surface area contributed by atoms with Crippen LogP contribution in [0.25, 0.3) is 6.08 Å². The molecule has 8 heteroatoms. The first-order chi connectivity index (χ1) is 14.4.